The van der Waals surface area contributed by atoms with Gasteiger partial charge in [0.15, 0.2) is 5.69 Å². The standard InChI is InChI=1S/C23H18Cl2F5N5O4S/c1-38-13-4-2-12(3-5-13)11-39-22(37)33-20-18(23(6-7-23)21(32)36)17(10-31)34-35(20)19-15(24)8-14(9-16(19)25)40(26,27,28,29)30/h2-5,8-9H,6-7,11H2,1H3,(H2,32,36)(H,33,37). The molecule has 2 amide bonds. The van der Waals surface area contributed by atoms with Crippen molar-refractivity contribution in [1.82, 2.24) is 9.78 Å². The van der Waals surface area contributed by atoms with Crippen LogP contribution in [0.3, 0.4) is 0 Å². The zero-order chi connectivity index (χ0) is 29.7. The van der Waals surface area contributed by atoms with E-state index < -0.39 is 59.8 Å². The van der Waals surface area contributed by atoms with E-state index in [-0.39, 0.29) is 37.1 Å². The van der Waals surface area contributed by atoms with E-state index in [0.717, 1.165) is 0 Å². The minimum atomic E-state index is -10.2. The molecule has 1 saturated carbocycles. The summed E-state index contributed by atoms with van der Waals surface area (Å²) < 4.78 is 78.0. The molecule has 0 saturated heterocycles. The Hall–Kier alpha value is -3.74. The number of primary amides is 1. The summed E-state index contributed by atoms with van der Waals surface area (Å²) >= 11 is 12.0. The topological polar surface area (TPSA) is 132 Å². The summed E-state index contributed by atoms with van der Waals surface area (Å²) in [5.41, 5.74) is 3.47. The minimum absolute atomic E-state index is 0.0511. The SMILES string of the molecule is COc1ccc(COC(=O)Nc2c(C3(C(N)=O)CC3)c(C#N)nn2-c2c(Cl)cc(S(F)(F)(F)(F)F)cc2Cl)cc1. The average Bonchev–Trinajstić information content (AvgIpc) is 3.59. The lowest BCUT2D eigenvalue weighted by atomic mass is 9.94. The van der Waals surface area contributed by atoms with Gasteiger partial charge in [-0.2, -0.15) is 10.4 Å². The third kappa shape index (κ3) is 5.60. The van der Waals surface area contributed by atoms with Gasteiger partial charge in [0.2, 0.25) is 5.91 Å². The molecule has 3 N–H and O–H groups in total. The summed E-state index contributed by atoms with van der Waals surface area (Å²) in [7, 11) is -8.72. The highest BCUT2D eigenvalue weighted by Crippen LogP contribution is 3.02. The van der Waals surface area contributed by atoms with Gasteiger partial charge in [0.25, 0.3) is 0 Å². The van der Waals surface area contributed by atoms with E-state index >= 15 is 0 Å². The number of methoxy groups -OCH3 is 1. The van der Waals surface area contributed by atoms with Gasteiger partial charge in [-0.1, -0.05) is 54.8 Å². The second kappa shape index (κ2) is 9.15. The van der Waals surface area contributed by atoms with Crippen molar-refractivity contribution < 1.29 is 38.5 Å². The number of benzene rings is 2. The van der Waals surface area contributed by atoms with Gasteiger partial charge in [0.1, 0.15) is 34.8 Å². The molecule has 1 aliphatic carbocycles. The first kappa shape index (κ1) is 29.2. The highest BCUT2D eigenvalue weighted by atomic mass is 35.5. The maximum atomic E-state index is 13.4. The molecule has 4 rings (SSSR count). The van der Waals surface area contributed by atoms with Crippen molar-refractivity contribution in [3.05, 3.63) is 63.3 Å². The molecule has 1 aromatic heterocycles. The van der Waals surface area contributed by atoms with E-state index in [1.807, 2.05) is 0 Å². The van der Waals surface area contributed by atoms with Gasteiger partial charge < -0.3 is 15.2 Å². The number of carbonyl (C=O) groups is 2. The number of nitrogens with one attached hydrogen (secondary N) is 1. The minimum Gasteiger partial charge on any atom is -0.497 e. The Labute approximate surface area is 233 Å². The van der Waals surface area contributed by atoms with Gasteiger partial charge in [-0.25, -0.2) is 9.48 Å². The van der Waals surface area contributed by atoms with E-state index in [1.165, 1.54) is 7.11 Å². The van der Waals surface area contributed by atoms with E-state index in [9.17, 15) is 34.3 Å². The summed E-state index contributed by atoms with van der Waals surface area (Å²) in [5.74, 6) is -0.736. The van der Waals surface area contributed by atoms with E-state index in [0.29, 0.717) is 16.0 Å². The average molecular weight is 626 g/mol. The van der Waals surface area contributed by atoms with Gasteiger partial charge in [0, 0.05) is 5.56 Å². The number of nitrogens with two attached hydrogens (primary N) is 1. The molecule has 0 radical (unpaired) electrons. The molecule has 0 unspecified atom stereocenters. The highest BCUT2D eigenvalue weighted by molar-refractivity contribution is 8.45. The molecule has 0 aliphatic heterocycles. The lowest BCUT2D eigenvalue weighted by Gasteiger charge is -2.40. The Morgan fingerprint density at radius 1 is 1.15 bits per heavy atom. The summed E-state index contributed by atoms with van der Waals surface area (Å²) in [4.78, 5) is 22.8. The molecular formula is C23H18Cl2F5N5O4S. The molecule has 0 bridgehead atoms. The Morgan fingerprint density at radius 3 is 2.17 bits per heavy atom. The normalized spacial score (nSPS) is 15.8. The van der Waals surface area contributed by atoms with Crippen molar-refractivity contribution in [2.75, 3.05) is 12.4 Å². The van der Waals surface area contributed by atoms with Crippen LogP contribution in [0.5, 0.6) is 5.75 Å². The van der Waals surface area contributed by atoms with Crippen molar-refractivity contribution >= 4 is 51.2 Å². The molecule has 1 heterocycles. The number of nitriles is 1. The number of amides is 2. The van der Waals surface area contributed by atoms with Gasteiger partial charge in [-0.15, -0.1) is 0 Å². The van der Waals surface area contributed by atoms with E-state index in [4.69, 9.17) is 38.4 Å². The second-order valence-corrected chi connectivity index (χ2v) is 12.0. The molecule has 214 valence electrons. The molecule has 1 fully saturated rings. The van der Waals surface area contributed by atoms with Gasteiger partial charge >= 0.3 is 16.3 Å². The fourth-order valence-electron chi connectivity index (χ4n) is 3.94. The molecule has 9 nitrogen and oxygen atoms in total. The van der Waals surface area contributed by atoms with Crippen LogP contribution in [0.2, 0.25) is 10.0 Å². The fourth-order valence-corrected chi connectivity index (χ4v) is 5.40. The van der Waals surface area contributed by atoms with E-state index in [1.54, 1.807) is 30.3 Å². The number of rotatable bonds is 8. The van der Waals surface area contributed by atoms with Crippen LogP contribution in [-0.4, -0.2) is 28.9 Å². The fraction of sp³-hybridized carbons (Fsp3) is 0.217. The summed E-state index contributed by atoms with van der Waals surface area (Å²) in [6.45, 7) is -0.245. The van der Waals surface area contributed by atoms with Crippen molar-refractivity contribution in [2.45, 2.75) is 29.8 Å². The van der Waals surface area contributed by atoms with Gasteiger partial charge in [-0.3, -0.25) is 10.1 Å². The number of hydrogen-bond acceptors (Lipinski definition) is 6. The number of aromatic nitrogens is 2. The van der Waals surface area contributed by atoms with Gasteiger partial charge in [0.05, 0.1) is 22.6 Å². The Morgan fingerprint density at radius 2 is 1.73 bits per heavy atom. The van der Waals surface area contributed by atoms with Crippen LogP contribution < -0.4 is 15.8 Å². The maximum Gasteiger partial charge on any atom is 0.413 e. The summed E-state index contributed by atoms with van der Waals surface area (Å²) in [6, 6.07) is 8.09. The van der Waals surface area contributed by atoms with Crippen LogP contribution >= 0.6 is 33.4 Å². The Kier molecular flexibility index (Phi) is 6.69. The molecule has 17 heteroatoms. The molecule has 2 aromatic carbocycles. The monoisotopic (exact) mass is 625 g/mol. The first-order valence-electron chi connectivity index (χ1n) is 11.0. The molecule has 40 heavy (non-hydrogen) atoms. The molecule has 1 aliphatic rings. The molecular weight excluding hydrogens is 608 g/mol. The van der Waals surface area contributed by atoms with Crippen molar-refractivity contribution in [3.8, 4) is 17.5 Å². The molecule has 3 aromatic rings. The number of hydrogen-bond donors (Lipinski definition) is 2. The third-order valence-corrected chi connectivity index (χ3v) is 7.79. The number of nitrogens with zero attached hydrogens (tertiary/aromatic N) is 3. The van der Waals surface area contributed by atoms with Crippen LogP contribution in [0.1, 0.15) is 29.7 Å². The van der Waals surface area contributed by atoms with Crippen LogP contribution in [0.4, 0.5) is 30.0 Å². The third-order valence-electron chi connectivity index (χ3n) is 6.09. The Balaban J connectivity index is 1.80. The molecule has 0 spiro atoms. The predicted molar refractivity (Wildman–Crippen MR) is 137 cm³/mol. The Bertz CT molecular complexity index is 1560. The van der Waals surface area contributed by atoms with Crippen LogP contribution in [-0.2, 0) is 21.6 Å². The predicted octanol–water partition coefficient (Wildman–Crippen LogP) is 6.98. The van der Waals surface area contributed by atoms with Crippen LogP contribution in [0, 0.1) is 11.3 Å². The smallest absolute Gasteiger partial charge is 0.413 e. The first-order chi connectivity index (χ1) is 18.4. The van der Waals surface area contributed by atoms with Crippen molar-refractivity contribution in [3.63, 3.8) is 0 Å². The lowest BCUT2D eigenvalue weighted by molar-refractivity contribution is -0.120. The van der Waals surface area contributed by atoms with Crippen LogP contribution in [0.25, 0.3) is 5.69 Å². The van der Waals surface area contributed by atoms with Gasteiger partial charge in [-0.05, 0) is 42.7 Å². The quantitative estimate of drug-likeness (QED) is 0.259. The number of halogens is 7. The second-order valence-electron chi connectivity index (χ2n) is 8.80. The summed E-state index contributed by atoms with van der Waals surface area (Å²) in [6.07, 6.45) is -0.815. The number of anilines is 1. The molecule has 0 atom stereocenters. The van der Waals surface area contributed by atoms with E-state index in [2.05, 4.69) is 10.4 Å². The first-order valence-corrected chi connectivity index (χ1v) is 13.7. The van der Waals surface area contributed by atoms with Crippen LogP contribution in [0.15, 0.2) is 41.3 Å². The maximum absolute atomic E-state index is 13.4. The highest BCUT2D eigenvalue weighted by Gasteiger charge is 2.65. The zero-order valence-corrected chi connectivity index (χ0v) is 22.5. The zero-order valence-electron chi connectivity index (χ0n) is 20.2. The van der Waals surface area contributed by atoms with Crippen molar-refractivity contribution in [1.29, 1.82) is 5.26 Å². The number of carbonyl (C=O) groups excluding carboxylic acids is 2. The lowest BCUT2D eigenvalue weighted by Crippen LogP contribution is -2.30. The largest absolute Gasteiger partial charge is 0.497 e. The van der Waals surface area contributed by atoms with Crippen molar-refractivity contribution in [2.24, 2.45) is 5.73 Å². The summed E-state index contributed by atoms with van der Waals surface area (Å²) in [5, 5.41) is 14.1. The number of ether oxygens (including phenoxy) is 2.